The summed E-state index contributed by atoms with van der Waals surface area (Å²) in [6, 6.07) is 13.2. The van der Waals surface area contributed by atoms with Gasteiger partial charge in [-0.3, -0.25) is 0 Å². The summed E-state index contributed by atoms with van der Waals surface area (Å²) in [7, 11) is 0. The van der Waals surface area contributed by atoms with Crippen molar-refractivity contribution in [3.05, 3.63) is 60.7 Å². The first kappa shape index (κ1) is 13.7. The minimum atomic E-state index is 1.07. The predicted molar refractivity (Wildman–Crippen MR) is 94.5 cm³/mol. The molecular weight excluding hydrogens is 254 g/mol. The van der Waals surface area contributed by atoms with Gasteiger partial charge in [0.05, 0.1) is 0 Å². The number of unbranched alkanes of at least 4 members (excludes halogenated alkanes) is 1. The Kier molecular flexibility index (Phi) is 3.66. The molecule has 1 aromatic heterocycles. The van der Waals surface area contributed by atoms with Gasteiger partial charge >= 0.3 is 0 Å². The molecular formula is C20H21N. The number of rotatable bonds is 5. The first-order valence-electron chi connectivity index (χ1n) is 7.59. The minimum absolute atomic E-state index is 1.07. The van der Waals surface area contributed by atoms with Gasteiger partial charge in [-0.2, -0.15) is 0 Å². The van der Waals surface area contributed by atoms with Crippen LogP contribution < -0.4 is 0 Å². The molecule has 21 heavy (non-hydrogen) atoms. The van der Waals surface area contributed by atoms with Crippen LogP contribution in [0.1, 0.15) is 30.9 Å². The molecule has 0 spiro atoms. The molecule has 0 saturated carbocycles. The van der Waals surface area contributed by atoms with Gasteiger partial charge in [0.15, 0.2) is 0 Å². The highest BCUT2D eigenvalue weighted by atomic mass is 15.0. The molecule has 0 atom stereocenters. The van der Waals surface area contributed by atoms with Crippen molar-refractivity contribution in [1.82, 2.24) is 4.57 Å². The second-order valence-electron chi connectivity index (χ2n) is 5.47. The van der Waals surface area contributed by atoms with Gasteiger partial charge in [-0.05, 0) is 41.8 Å². The first-order valence-corrected chi connectivity index (χ1v) is 7.59. The Morgan fingerprint density at radius 3 is 1.86 bits per heavy atom. The monoisotopic (exact) mass is 275 g/mol. The third-order valence-corrected chi connectivity index (χ3v) is 4.12. The van der Waals surface area contributed by atoms with Gasteiger partial charge < -0.3 is 4.57 Å². The average Bonchev–Trinajstić information content (AvgIpc) is 2.85. The lowest BCUT2D eigenvalue weighted by molar-refractivity contribution is 0.665. The third kappa shape index (κ3) is 2.29. The van der Waals surface area contributed by atoms with Crippen molar-refractivity contribution in [2.24, 2.45) is 0 Å². The maximum absolute atomic E-state index is 3.88. The molecule has 3 aromatic rings. The van der Waals surface area contributed by atoms with Gasteiger partial charge in [0, 0.05) is 28.4 Å². The molecule has 2 aromatic carbocycles. The molecule has 0 aliphatic heterocycles. The van der Waals surface area contributed by atoms with E-state index in [0.29, 0.717) is 0 Å². The van der Waals surface area contributed by atoms with Crippen LogP contribution in [0.2, 0.25) is 0 Å². The Hall–Kier alpha value is -2.28. The lowest BCUT2D eigenvalue weighted by Crippen LogP contribution is -1.96. The van der Waals surface area contributed by atoms with Crippen LogP contribution >= 0.6 is 0 Å². The Morgan fingerprint density at radius 2 is 1.43 bits per heavy atom. The lowest BCUT2D eigenvalue weighted by atomic mass is 10.1. The molecule has 0 aliphatic rings. The third-order valence-electron chi connectivity index (χ3n) is 4.12. The van der Waals surface area contributed by atoms with Crippen molar-refractivity contribution in [2.75, 3.05) is 0 Å². The topological polar surface area (TPSA) is 4.93 Å². The maximum Gasteiger partial charge on any atom is 0.0491 e. The summed E-state index contributed by atoms with van der Waals surface area (Å²) in [6.07, 6.45) is 6.22. The zero-order valence-electron chi connectivity index (χ0n) is 12.6. The van der Waals surface area contributed by atoms with E-state index < -0.39 is 0 Å². The highest BCUT2D eigenvalue weighted by molar-refractivity contribution is 6.09. The molecule has 0 fully saturated rings. The molecule has 1 heteroatoms. The van der Waals surface area contributed by atoms with Crippen LogP contribution in [0.3, 0.4) is 0 Å². The lowest BCUT2D eigenvalue weighted by Gasteiger charge is -2.06. The summed E-state index contributed by atoms with van der Waals surface area (Å²) < 4.78 is 2.44. The number of fused-ring (bicyclic) bond motifs is 3. The molecule has 0 saturated heterocycles. The minimum Gasteiger partial charge on any atom is -0.340 e. The fourth-order valence-electron chi connectivity index (χ4n) is 2.95. The average molecular weight is 275 g/mol. The van der Waals surface area contributed by atoms with Gasteiger partial charge in [-0.1, -0.05) is 50.8 Å². The van der Waals surface area contributed by atoms with E-state index in [9.17, 15) is 0 Å². The van der Waals surface area contributed by atoms with Gasteiger partial charge in [0.2, 0.25) is 0 Å². The van der Waals surface area contributed by atoms with E-state index in [4.69, 9.17) is 0 Å². The molecule has 0 N–H and O–H groups in total. The van der Waals surface area contributed by atoms with Crippen molar-refractivity contribution in [1.29, 1.82) is 0 Å². The first-order chi connectivity index (χ1) is 10.3. The van der Waals surface area contributed by atoms with Crippen LogP contribution in [0.4, 0.5) is 0 Å². The number of benzene rings is 2. The largest absolute Gasteiger partial charge is 0.340 e. The van der Waals surface area contributed by atoms with E-state index >= 15 is 0 Å². The number of aromatic nitrogens is 1. The van der Waals surface area contributed by atoms with E-state index in [-0.39, 0.29) is 0 Å². The van der Waals surface area contributed by atoms with Crippen molar-refractivity contribution in [3.63, 3.8) is 0 Å². The summed E-state index contributed by atoms with van der Waals surface area (Å²) in [5, 5.41) is 2.62. The molecule has 0 radical (unpaired) electrons. The normalized spacial score (nSPS) is 11.1. The maximum atomic E-state index is 3.88. The molecule has 1 nitrogen and oxygen atoms in total. The fraction of sp³-hybridized carbons (Fsp3) is 0.200. The van der Waals surface area contributed by atoms with Crippen LogP contribution in [0.5, 0.6) is 0 Å². The Bertz CT molecular complexity index is 755. The molecule has 0 unspecified atom stereocenters. The van der Waals surface area contributed by atoms with Crippen molar-refractivity contribution >= 4 is 34.0 Å². The van der Waals surface area contributed by atoms with Crippen molar-refractivity contribution in [3.8, 4) is 0 Å². The SMILES string of the molecule is C=Cc1ccc2c(c1)c1cc(C=C)ccc1n2CCCC. The number of hydrogen-bond donors (Lipinski definition) is 0. The van der Waals surface area contributed by atoms with Crippen molar-refractivity contribution < 1.29 is 0 Å². The molecule has 3 rings (SSSR count). The molecule has 0 amide bonds. The van der Waals surface area contributed by atoms with Crippen LogP contribution in [0.15, 0.2) is 49.6 Å². The zero-order valence-corrected chi connectivity index (χ0v) is 12.6. The Balaban J connectivity index is 2.36. The van der Waals surface area contributed by atoms with Gasteiger partial charge in [0.1, 0.15) is 0 Å². The van der Waals surface area contributed by atoms with E-state index in [2.05, 4.69) is 61.0 Å². The van der Waals surface area contributed by atoms with Crippen LogP contribution in [-0.2, 0) is 6.54 Å². The van der Waals surface area contributed by atoms with E-state index in [0.717, 1.165) is 6.54 Å². The summed E-state index contributed by atoms with van der Waals surface area (Å²) in [5.74, 6) is 0. The van der Waals surface area contributed by atoms with Gasteiger partial charge in [0.25, 0.3) is 0 Å². The highest BCUT2D eigenvalue weighted by Crippen LogP contribution is 2.31. The molecule has 0 aliphatic carbocycles. The Labute approximate surface area is 126 Å². The summed E-state index contributed by atoms with van der Waals surface area (Å²) in [5.41, 5.74) is 4.96. The van der Waals surface area contributed by atoms with Gasteiger partial charge in [-0.25, -0.2) is 0 Å². The van der Waals surface area contributed by atoms with E-state index in [1.165, 1.54) is 45.8 Å². The summed E-state index contributed by atoms with van der Waals surface area (Å²) in [6.45, 7) is 11.1. The van der Waals surface area contributed by atoms with Crippen LogP contribution in [0.25, 0.3) is 34.0 Å². The number of nitrogens with zero attached hydrogens (tertiary/aromatic N) is 1. The van der Waals surface area contributed by atoms with Gasteiger partial charge in [-0.15, -0.1) is 0 Å². The second kappa shape index (κ2) is 5.61. The fourth-order valence-corrected chi connectivity index (χ4v) is 2.95. The number of hydrogen-bond acceptors (Lipinski definition) is 0. The van der Waals surface area contributed by atoms with Crippen molar-refractivity contribution in [2.45, 2.75) is 26.3 Å². The molecule has 106 valence electrons. The predicted octanol–water partition coefficient (Wildman–Crippen LogP) is 5.88. The van der Waals surface area contributed by atoms with E-state index in [1.807, 2.05) is 12.2 Å². The van der Waals surface area contributed by atoms with Crippen LogP contribution in [-0.4, -0.2) is 4.57 Å². The zero-order chi connectivity index (χ0) is 14.8. The quantitative estimate of drug-likeness (QED) is 0.548. The summed E-state index contributed by atoms with van der Waals surface area (Å²) in [4.78, 5) is 0. The highest BCUT2D eigenvalue weighted by Gasteiger charge is 2.10. The molecule has 1 heterocycles. The van der Waals surface area contributed by atoms with Crippen LogP contribution in [0, 0.1) is 0 Å². The summed E-state index contributed by atoms with van der Waals surface area (Å²) >= 11 is 0. The number of aryl methyl sites for hydroxylation is 1. The smallest absolute Gasteiger partial charge is 0.0491 e. The standard InChI is InChI=1S/C20H21N/c1-4-7-12-21-19-10-8-15(5-2)13-17(19)18-14-16(6-3)9-11-20(18)21/h5-6,8-11,13-14H,2-4,7,12H2,1H3. The Morgan fingerprint density at radius 1 is 0.905 bits per heavy atom. The molecule has 0 bridgehead atoms. The second-order valence-corrected chi connectivity index (χ2v) is 5.47. The van der Waals surface area contributed by atoms with E-state index in [1.54, 1.807) is 0 Å².